The first-order chi connectivity index (χ1) is 15.7. The summed E-state index contributed by atoms with van der Waals surface area (Å²) in [4.78, 5) is 18.4. The summed E-state index contributed by atoms with van der Waals surface area (Å²) in [6.45, 7) is 3.48. The molecule has 8 heteroatoms. The van der Waals surface area contributed by atoms with Crippen LogP contribution >= 0.6 is 0 Å². The molecule has 32 heavy (non-hydrogen) atoms. The quantitative estimate of drug-likeness (QED) is 0.341. The van der Waals surface area contributed by atoms with Crippen LogP contribution in [0.5, 0.6) is 5.75 Å². The molecule has 1 aromatic heterocycles. The van der Waals surface area contributed by atoms with E-state index in [9.17, 15) is 4.79 Å². The molecule has 0 aliphatic carbocycles. The number of aliphatic imine (C=N–C) groups is 1. The average Bonchev–Trinajstić information content (AvgIpc) is 3.37. The molecule has 0 saturated carbocycles. The van der Waals surface area contributed by atoms with Gasteiger partial charge in [0.15, 0.2) is 12.6 Å². The molecule has 0 radical (unpaired) electrons. The molecule has 2 heterocycles. The SMILES string of the molecule is CN=C(NCCCN1C(=O)COc2ccccc21)NC(C)c1cccc(-n2cccn2)c1. The number of para-hydroxylation sites is 2. The number of rotatable bonds is 7. The Balaban J connectivity index is 1.29. The van der Waals surface area contributed by atoms with Crippen LogP contribution in [0.3, 0.4) is 0 Å². The van der Waals surface area contributed by atoms with Crippen molar-refractivity contribution in [3.63, 3.8) is 0 Å². The minimum absolute atomic E-state index is 0.0168. The van der Waals surface area contributed by atoms with Crippen molar-refractivity contribution in [3.8, 4) is 11.4 Å². The third-order valence-electron chi connectivity index (χ3n) is 5.38. The maximum Gasteiger partial charge on any atom is 0.265 e. The number of ether oxygens (including phenoxy) is 1. The second kappa shape index (κ2) is 10.00. The van der Waals surface area contributed by atoms with Crippen molar-refractivity contribution in [3.05, 3.63) is 72.6 Å². The molecule has 3 aromatic rings. The van der Waals surface area contributed by atoms with E-state index >= 15 is 0 Å². The van der Waals surface area contributed by atoms with E-state index in [0.717, 1.165) is 35.1 Å². The van der Waals surface area contributed by atoms with Crippen molar-refractivity contribution in [1.82, 2.24) is 20.4 Å². The van der Waals surface area contributed by atoms with Gasteiger partial charge in [0.2, 0.25) is 0 Å². The van der Waals surface area contributed by atoms with Gasteiger partial charge in [0.25, 0.3) is 5.91 Å². The maximum atomic E-state index is 12.3. The van der Waals surface area contributed by atoms with E-state index in [0.29, 0.717) is 13.1 Å². The highest BCUT2D eigenvalue weighted by molar-refractivity contribution is 5.97. The summed E-state index contributed by atoms with van der Waals surface area (Å²) in [6.07, 6.45) is 4.47. The van der Waals surface area contributed by atoms with Gasteiger partial charge in [-0.05, 0) is 49.2 Å². The van der Waals surface area contributed by atoms with Gasteiger partial charge in [-0.25, -0.2) is 4.68 Å². The van der Waals surface area contributed by atoms with Crippen LogP contribution in [0.2, 0.25) is 0 Å². The molecular weight excluding hydrogens is 404 g/mol. The van der Waals surface area contributed by atoms with Crippen LogP contribution in [0, 0.1) is 0 Å². The molecule has 0 saturated heterocycles. The Labute approximate surface area is 187 Å². The predicted octanol–water partition coefficient (Wildman–Crippen LogP) is 2.91. The van der Waals surface area contributed by atoms with E-state index in [2.05, 4.69) is 39.8 Å². The van der Waals surface area contributed by atoms with E-state index in [1.54, 1.807) is 18.1 Å². The van der Waals surface area contributed by atoms with Crippen LogP contribution in [-0.2, 0) is 4.79 Å². The Kier molecular flexibility index (Phi) is 6.69. The number of nitrogens with zero attached hydrogens (tertiary/aromatic N) is 4. The van der Waals surface area contributed by atoms with Crippen LogP contribution < -0.4 is 20.3 Å². The predicted molar refractivity (Wildman–Crippen MR) is 125 cm³/mol. The molecule has 0 bridgehead atoms. The molecule has 4 rings (SSSR count). The van der Waals surface area contributed by atoms with Crippen LogP contribution in [0.15, 0.2) is 72.0 Å². The van der Waals surface area contributed by atoms with Gasteiger partial charge in [0.1, 0.15) is 5.75 Å². The highest BCUT2D eigenvalue weighted by Gasteiger charge is 2.24. The third kappa shape index (κ3) is 4.91. The summed E-state index contributed by atoms with van der Waals surface area (Å²) in [5, 5.41) is 11.1. The normalized spacial score (nSPS) is 14.5. The van der Waals surface area contributed by atoms with Crippen molar-refractivity contribution >= 4 is 17.6 Å². The molecule has 1 unspecified atom stereocenters. The lowest BCUT2D eigenvalue weighted by atomic mass is 10.1. The van der Waals surface area contributed by atoms with Gasteiger partial charge in [-0.15, -0.1) is 0 Å². The van der Waals surface area contributed by atoms with E-state index < -0.39 is 0 Å². The lowest BCUT2D eigenvalue weighted by Crippen LogP contribution is -2.42. The van der Waals surface area contributed by atoms with Gasteiger partial charge in [-0.1, -0.05) is 24.3 Å². The number of benzene rings is 2. The van der Waals surface area contributed by atoms with Crippen molar-refractivity contribution < 1.29 is 9.53 Å². The molecule has 8 nitrogen and oxygen atoms in total. The molecule has 1 aliphatic heterocycles. The Hall–Kier alpha value is -3.81. The van der Waals surface area contributed by atoms with Crippen LogP contribution in [0.1, 0.15) is 24.9 Å². The first kappa shape index (κ1) is 21.4. The third-order valence-corrected chi connectivity index (χ3v) is 5.38. The van der Waals surface area contributed by atoms with E-state index in [4.69, 9.17) is 4.74 Å². The zero-order valence-electron chi connectivity index (χ0n) is 18.4. The largest absolute Gasteiger partial charge is 0.482 e. The number of carbonyl (C=O) groups excluding carboxylic acids is 1. The number of amides is 1. The number of fused-ring (bicyclic) bond motifs is 1. The number of hydrogen-bond donors (Lipinski definition) is 2. The maximum absolute atomic E-state index is 12.3. The van der Waals surface area contributed by atoms with Crippen molar-refractivity contribution in [1.29, 1.82) is 0 Å². The van der Waals surface area contributed by atoms with Crippen molar-refractivity contribution in [2.24, 2.45) is 4.99 Å². The monoisotopic (exact) mass is 432 g/mol. The molecule has 1 amide bonds. The fraction of sp³-hybridized carbons (Fsp3) is 0.292. The molecule has 1 atom stereocenters. The lowest BCUT2D eigenvalue weighted by molar-refractivity contribution is -0.121. The van der Waals surface area contributed by atoms with Gasteiger partial charge < -0.3 is 20.3 Å². The van der Waals surface area contributed by atoms with E-state index in [1.165, 1.54) is 0 Å². The molecule has 1 aliphatic rings. The summed E-state index contributed by atoms with van der Waals surface area (Å²) in [7, 11) is 1.75. The second-order valence-corrected chi connectivity index (χ2v) is 7.57. The van der Waals surface area contributed by atoms with Crippen LogP contribution in [0.25, 0.3) is 5.69 Å². The first-order valence-electron chi connectivity index (χ1n) is 10.7. The minimum Gasteiger partial charge on any atom is -0.482 e. The van der Waals surface area contributed by atoms with Crippen molar-refractivity contribution in [2.75, 3.05) is 31.6 Å². The number of aromatic nitrogens is 2. The topological polar surface area (TPSA) is 83.8 Å². The summed E-state index contributed by atoms with van der Waals surface area (Å²) >= 11 is 0. The highest BCUT2D eigenvalue weighted by atomic mass is 16.5. The molecule has 0 fully saturated rings. The van der Waals surface area contributed by atoms with Crippen molar-refractivity contribution in [2.45, 2.75) is 19.4 Å². The number of carbonyl (C=O) groups is 1. The van der Waals surface area contributed by atoms with E-state index in [-0.39, 0.29) is 18.6 Å². The molecule has 2 N–H and O–H groups in total. The Morgan fingerprint density at radius 2 is 2.09 bits per heavy atom. The lowest BCUT2D eigenvalue weighted by Gasteiger charge is -2.29. The smallest absolute Gasteiger partial charge is 0.265 e. The van der Waals surface area contributed by atoms with Crippen LogP contribution in [0.4, 0.5) is 5.69 Å². The highest BCUT2D eigenvalue weighted by Crippen LogP contribution is 2.31. The zero-order chi connectivity index (χ0) is 22.3. The van der Waals surface area contributed by atoms with Gasteiger partial charge >= 0.3 is 0 Å². The van der Waals surface area contributed by atoms with Gasteiger partial charge in [-0.2, -0.15) is 5.10 Å². The van der Waals surface area contributed by atoms with E-state index in [1.807, 2.05) is 53.3 Å². The number of anilines is 1. The standard InChI is InChI=1S/C24H28N6O2/c1-18(19-8-5-9-20(16-19)30-15-7-13-27-30)28-24(25-2)26-12-6-14-29-21-10-3-4-11-22(21)32-17-23(29)31/h3-5,7-11,13,15-16,18H,6,12,14,17H2,1-2H3,(H2,25,26,28). The first-order valence-corrected chi connectivity index (χ1v) is 10.7. The number of nitrogens with one attached hydrogen (secondary N) is 2. The Morgan fingerprint density at radius 3 is 2.91 bits per heavy atom. The van der Waals surface area contributed by atoms with Gasteiger partial charge in [-0.3, -0.25) is 9.79 Å². The summed E-state index contributed by atoms with van der Waals surface area (Å²) < 4.78 is 7.35. The fourth-order valence-corrected chi connectivity index (χ4v) is 3.68. The van der Waals surface area contributed by atoms with Crippen LogP contribution in [-0.4, -0.2) is 48.4 Å². The number of guanidine groups is 1. The second-order valence-electron chi connectivity index (χ2n) is 7.57. The molecule has 2 aromatic carbocycles. The Bertz CT molecular complexity index is 1080. The Morgan fingerprint density at radius 1 is 1.22 bits per heavy atom. The van der Waals surface area contributed by atoms with Gasteiger partial charge in [0.05, 0.1) is 17.4 Å². The minimum atomic E-state index is -0.0168. The van der Waals surface area contributed by atoms with Gasteiger partial charge in [0, 0.05) is 32.5 Å². The number of hydrogen-bond acceptors (Lipinski definition) is 4. The summed E-state index contributed by atoms with van der Waals surface area (Å²) in [6, 6.07) is 17.9. The molecule has 166 valence electrons. The average molecular weight is 433 g/mol. The molecular formula is C24H28N6O2. The summed E-state index contributed by atoms with van der Waals surface area (Å²) in [5.41, 5.74) is 2.98. The molecule has 0 spiro atoms. The zero-order valence-corrected chi connectivity index (χ0v) is 18.4. The summed E-state index contributed by atoms with van der Waals surface area (Å²) in [5.74, 6) is 1.45. The fourth-order valence-electron chi connectivity index (χ4n) is 3.68.